The molecule has 1 aromatic heterocycles. The van der Waals surface area contributed by atoms with E-state index >= 15 is 0 Å². The minimum absolute atomic E-state index is 0.137. The maximum absolute atomic E-state index is 6.19. The lowest BCUT2D eigenvalue weighted by molar-refractivity contribution is 0.384. The topological polar surface area (TPSA) is 39.2 Å². The van der Waals surface area contributed by atoms with Gasteiger partial charge in [-0.1, -0.05) is 0 Å². The Morgan fingerprint density at radius 3 is 2.38 bits per heavy atom. The quantitative estimate of drug-likeness (QED) is 0.757. The number of hydrogen-bond donors (Lipinski definition) is 1. The van der Waals surface area contributed by atoms with Crippen LogP contribution in [0.15, 0.2) is 16.7 Å². The number of aryl methyl sites for hydroxylation is 1. The zero-order valence-corrected chi connectivity index (χ0v) is 8.55. The molecule has 0 aliphatic heterocycles. The maximum atomic E-state index is 6.19. The molecule has 0 aromatic carbocycles. The number of nitrogens with two attached hydrogens (primary N) is 1. The van der Waals surface area contributed by atoms with Gasteiger partial charge in [0.1, 0.15) is 5.76 Å². The minimum Gasteiger partial charge on any atom is -0.469 e. The molecule has 1 aliphatic carbocycles. The molecule has 1 aromatic rings. The molecule has 2 heteroatoms. The molecular weight excluding hydrogens is 162 g/mol. The number of hydrogen-bond acceptors (Lipinski definition) is 2. The van der Waals surface area contributed by atoms with E-state index in [0.717, 1.165) is 5.76 Å². The van der Waals surface area contributed by atoms with Crippen molar-refractivity contribution in [2.75, 3.05) is 0 Å². The Morgan fingerprint density at radius 2 is 2.08 bits per heavy atom. The average Bonchev–Trinajstić information content (AvgIpc) is 2.70. The van der Waals surface area contributed by atoms with Gasteiger partial charge in [-0.15, -0.1) is 0 Å². The summed E-state index contributed by atoms with van der Waals surface area (Å²) >= 11 is 0. The summed E-state index contributed by atoms with van der Waals surface area (Å²) in [7, 11) is 0. The highest BCUT2D eigenvalue weighted by atomic mass is 16.3. The van der Waals surface area contributed by atoms with E-state index in [2.05, 4.69) is 19.9 Å². The lowest BCUT2D eigenvalue weighted by Crippen LogP contribution is -2.45. The molecule has 0 spiro atoms. The molecule has 2 rings (SSSR count). The third kappa shape index (κ3) is 1.12. The summed E-state index contributed by atoms with van der Waals surface area (Å²) in [5.41, 5.74) is 7.55. The van der Waals surface area contributed by atoms with E-state index in [-0.39, 0.29) is 11.0 Å². The Labute approximate surface area is 79.1 Å². The van der Waals surface area contributed by atoms with Gasteiger partial charge < -0.3 is 10.2 Å². The molecule has 0 radical (unpaired) electrons. The van der Waals surface area contributed by atoms with Gasteiger partial charge in [0.25, 0.3) is 0 Å². The largest absolute Gasteiger partial charge is 0.469 e. The predicted octanol–water partition coefficient (Wildman–Crippen LogP) is 2.36. The fourth-order valence-corrected chi connectivity index (χ4v) is 2.27. The molecular formula is C11H17NO. The summed E-state index contributed by atoms with van der Waals surface area (Å²) in [6, 6.07) is 2.07. The van der Waals surface area contributed by atoms with Crippen molar-refractivity contribution in [3.05, 3.63) is 23.7 Å². The zero-order chi connectivity index (χ0) is 9.69. The van der Waals surface area contributed by atoms with Crippen LogP contribution in [0.25, 0.3) is 0 Å². The van der Waals surface area contributed by atoms with Gasteiger partial charge in [-0.2, -0.15) is 0 Å². The van der Waals surface area contributed by atoms with Crippen LogP contribution in [0.4, 0.5) is 0 Å². The molecule has 1 aliphatic rings. The van der Waals surface area contributed by atoms with Gasteiger partial charge in [0, 0.05) is 16.5 Å². The third-order valence-corrected chi connectivity index (χ3v) is 3.36. The minimum atomic E-state index is -0.137. The van der Waals surface area contributed by atoms with Crippen molar-refractivity contribution in [3.63, 3.8) is 0 Å². The predicted molar refractivity (Wildman–Crippen MR) is 52.6 cm³/mol. The van der Waals surface area contributed by atoms with E-state index < -0.39 is 0 Å². The molecule has 13 heavy (non-hydrogen) atoms. The van der Waals surface area contributed by atoms with Crippen molar-refractivity contribution < 1.29 is 4.42 Å². The zero-order valence-electron chi connectivity index (χ0n) is 8.55. The number of furan rings is 1. The smallest absolute Gasteiger partial charge is 0.104 e. The van der Waals surface area contributed by atoms with Crippen LogP contribution in [0.1, 0.15) is 38.0 Å². The first kappa shape index (κ1) is 8.82. The van der Waals surface area contributed by atoms with Crippen LogP contribution in [0.3, 0.4) is 0 Å². The number of rotatable bonds is 2. The molecule has 72 valence electrons. The highest BCUT2D eigenvalue weighted by molar-refractivity contribution is 5.37. The highest BCUT2D eigenvalue weighted by Gasteiger charge is 2.54. The Bertz CT molecular complexity index is 315. The van der Waals surface area contributed by atoms with E-state index in [1.165, 1.54) is 18.4 Å². The van der Waals surface area contributed by atoms with Gasteiger partial charge in [-0.25, -0.2) is 0 Å². The summed E-state index contributed by atoms with van der Waals surface area (Å²) in [6.07, 6.45) is 4.14. The highest BCUT2D eigenvalue weighted by Crippen LogP contribution is 2.55. The fourth-order valence-electron chi connectivity index (χ4n) is 2.27. The van der Waals surface area contributed by atoms with Crippen molar-refractivity contribution in [1.29, 1.82) is 0 Å². The Kier molecular flexibility index (Phi) is 1.62. The lowest BCUT2D eigenvalue weighted by atomic mass is 9.79. The van der Waals surface area contributed by atoms with Crippen LogP contribution in [0.2, 0.25) is 0 Å². The van der Waals surface area contributed by atoms with Gasteiger partial charge in [-0.3, -0.25) is 0 Å². The molecule has 1 fully saturated rings. The van der Waals surface area contributed by atoms with E-state index in [1.807, 2.05) is 6.92 Å². The second-order valence-corrected chi connectivity index (χ2v) is 4.69. The first-order valence-electron chi connectivity index (χ1n) is 4.81. The standard InChI is InChI=1S/C11H17NO/c1-8-9(4-7-13-8)11(5-6-11)10(2,3)12/h4,7H,5-6,12H2,1-3H3. The van der Waals surface area contributed by atoms with Crippen LogP contribution in [0.5, 0.6) is 0 Å². The molecule has 2 N–H and O–H groups in total. The van der Waals surface area contributed by atoms with Gasteiger partial charge in [0.2, 0.25) is 0 Å². The van der Waals surface area contributed by atoms with Crippen molar-refractivity contribution in [2.45, 2.75) is 44.6 Å². The van der Waals surface area contributed by atoms with E-state index in [0.29, 0.717) is 0 Å². The monoisotopic (exact) mass is 179 g/mol. The van der Waals surface area contributed by atoms with E-state index in [1.54, 1.807) is 6.26 Å². The van der Waals surface area contributed by atoms with E-state index in [9.17, 15) is 0 Å². The van der Waals surface area contributed by atoms with Crippen molar-refractivity contribution in [1.82, 2.24) is 0 Å². The lowest BCUT2D eigenvalue weighted by Gasteiger charge is -2.30. The summed E-state index contributed by atoms with van der Waals surface area (Å²) in [5, 5.41) is 0. The van der Waals surface area contributed by atoms with Crippen molar-refractivity contribution >= 4 is 0 Å². The molecule has 1 heterocycles. The molecule has 0 unspecified atom stereocenters. The molecule has 2 nitrogen and oxygen atoms in total. The first-order valence-corrected chi connectivity index (χ1v) is 4.81. The fraction of sp³-hybridized carbons (Fsp3) is 0.636. The van der Waals surface area contributed by atoms with Crippen molar-refractivity contribution in [3.8, 4) is 0 Å². The van der Waals surface area contributed by atoms with Crippen LogP contribution in [-0.2, 0) is 5.41 Å². The van der Waals surface area contributed by atoms with Gasteiger partial charge >= 0.3 is 0 Å². The second-order valence-electron chi connectivity index (χ2n) is 4.69. The van der Waals surface area contributed by atoms with E-state index in [4.69, 9.17) is 10.2 Å². The van der Waals surface area contributed by atoms with Crippen LogP contribution in [-0.4, -0.2) is 5.54 Å². The van der Waals surface area contributed by atoms with Gasteiger partial charge in [0.05, 0.1) is 6.26 Å². The first-order chi connectivity index (χ1) is 5.97. The normalized spacial score (nSPS) is 20.3. The van der Waals surface area contributed by atoms with Crippen LogP contribution < -0.4 is 5.73 Å². The Balaban J connectivity index is 2.42. The molecule has 1 saturated carbocycles. The molecule has 0 atom stereocenters. The summed E-state index contributed by atoms with van der Waals surface area (Å²) < 4.78 is 5.33. The summed E-state index contributed by atoms with van der Waals surface area (Å²) in [6.45, 7) is 6.22. The summed E-state index contributed by atoms with van der Waals surface area (Å²) in [5.74, 6) is 1.02. The third-order valence-electron chi connectivity index (χ3n) is 3.36. The van der Waals surface area contributed by atoms with Gasteiger partial charge in [-0.05, 0) is 39.7 Å². The average molecular weight is 179 g/mol. The molecule has 0 bridgehead atoms. The van der Waals surface area contributed by atoms with Crippen molar-refractivity contribution in [2.24, 2.45) is 5.73 Å². The summed E-state index contributed by atoms with van der Waals surface area (Å²) in [4.78, 5) is 0. The molecule has 0 amide bonds. The van der Waals surface area contributed by atoms with Crippen LogP contribution in [0, 0.1) is 6.92 Å². The Hall–Kier alpha value is -0.760. The second kappa shape index (κ2) is 2.38. The molecule has 0 saturated heterocycles. The SMILES string of the molecule is Cc1occc1C1(C(C)(C)N)CC1. The Morgan fingerprint density at radius 1 is 1.46 bits per heavy atom. The maximum Gasteiger partial charge on any atom is 0.104 e. The van der Waals surface area contributed by atoms with Gasteiger partial charge in [0.15, 0.2) is 0 Å². The van der Waals surface area contributed by atoms with Crippen LogP contribution >= 0.6 is 0 Å².